The minimum Gasteiger partial charge on any atom is -0.462 e. The summed E-state index contributed by atoms with van der Waals surface area (Å²) in [4.78, 5) is 12.1. The minimum atomic E-state index is -1.58. The molecule has 1 saturated heterocycles. The zero-order chi connectivity index (χ0) is 19.7. The molecule has 0 amide bonds. The van der Waals surface area contributed by atoms with Gasteiger partial charge in [-0.2, -0.15) is 0 Å². The summed E-state index contributed by atoms with van der Waals surface area (Å²) in [6, 6.07) is 0. The van der Waals surface area contributed by atoms with Gasteiger partial charge in [0.15, 0.2) is 18.9 Å². The first-order valence-electron chi connectivity index (χ1n) is 8.59. The van der Waals surface area contributed by atoms with Crippen molar-refractivity contribution in [3.05, 3.63) is 23.8 Å². The quantitative estimate of drug-likeness (QED) is 0.314. The van der Waals surface area contributed by atoms with Crippen molar-refractivity contribution < 1.29 is 48.9 Å². The maximum atomic E-state index is 12.1. The molecule has 0 aromatic carbocycles. The lowest BCUT2D eigenvalue weighted by molar-refractivity contribution is -0.356. The number of esters is 1. The van der Waals surface area contributed by atoms with Gasteiger partial charge in [0.1, 0.15) is 24.4 Å². The lowest BCUT2D eigenvalue weighted by Crippen LogP contribution is -2.60. The molecule has 152 valence electrons. The molecule has 27 heavy (non-hydrogen) atoms. The van der Waals surface area contributed by atoms with Crippen LogP contribution in [0.15, 0.2) is 23.8 Å². The normalized spacial score (nSPS) is 42.5. The predicted octanol–water partition coefficient (Wildman–Crippen LogP) is -1.82. The molecule has 0 bridgehead atoms. The summed E-state index contributed by atoms with van der Waals surface area (Å²) in [5.41, 5.74) is 0.941. The zero-order valence-electron chi connectivity index (χ0n) is 14.8. The molecule has 0 radical (unpaired) electrons. The third kappa shape index (κ3) is 3.67. The van der Waals surface area contributed by atoms with Gasteiger partial charge in [0, 0.05) is 13.5 Å². The van der Waals surface area contributed by atoms with Gasteiger partial charge >= 0.3 is 5.97 Å². The highest BCUT2D eigenvalue weighted by atomic mass is 16.8. The lowest BCUT2D eigenvalue weighted by Gasteiger charge is -2.44. The molecular weight excluding hydrogens is 364 g/mol. The molecule has 1 fully saturated rings. The van der Waals surface area contributed by atoms with Gasteiger partial charge in [-0.1, -0.05) is 6.08 Å². The molecule has 3 aliphatic rings. The Morgan fingerprint density at radius 2 is 1.93 bits per heavy atom. The van der Waals surface area contributed by atoms with E-state index >= 15 is 0 Å². The second-order valence-electron chi connectivity index (χ2n) is 6.49. The van der Waals surface area contributed by atoms with Crippen LogP contribution in [0.1, 0.15) is 6.42 Å². The van der Waals surface area contributed by atoms with Crippen LogP contribution in [0.2, 0.25) is 0 Å². The van der Waals surface area contributed by atoms with Crippen molar-refractivity contribution in [1.29, 1.82) is 0 Å². The molecule has 3 aliphatic heterocycles. The van der Waals surface area contributed by atoms with Crippen molar-refractivity contribution in [2.24, 2.45) is 5.92 Å². The summed E-state index contributed by atoms with van der Waals surface area (Å²) < 4.78 is 27.0. The lowest BCUT2D eigenvalue weighted by atomic mass is 9.87. The molecule has 3 rings (SSSR count). The molecule has 0 unspecified atom stereocenters. The first-order valence-corrected chi connectivity index (χ1v) is 8.59. The van der Waals surface area contributed by atoms with Crippen molar-refractivity contribution in [2.75, 3.05) is 20.3 Å². The standard InChI is InChI=1S/C17H24O10/c1-3-7-8-4-5-24-14(22)10(8)16(23-2)26-15(7)27-17-13(21)12(20)11(19)9(6-18)25-17/h3,7,9,11-13,15-21H,1,4-6H2,2H3/t7-,9-,11-,12+,13-,15+,16-,17+/m1/s1. The summed E-state index contributed by atoms with van der Waals surface area (Å²) in [5, 5.41) is 39.2. The van der Waals surface area contributed by atoms with E-state index in [-0.39, 0.29) is 12.2 Å². The van der Waals surface area contributed by atoms with E-state index in [9.17, 15) is 25.2 Å². The average molecular weight is 388 g/mol. The van der Waals surface area contributed by atoms with Gasteiger partial charge in [0.2, 0.25) is 0 Å². The minimum absolute atomic E-state index is 0.200. The topological polar surface area (TPSA) is 144 Å². The number of cyclic esters (lactones) is 1. The number of aliphatic hydroxyl groups excluding tert-OH is 4. The fourth-order valence-corrected chi connectivity index (χ4v) is 3.49. The highest BCUT2D eigenvalue weighted by molar-refractivity contribution is 5.91. The van der Waals surface area contributed by atoms with Crippen LogP contribution in [0.25, 0.3) is 0 Å². The fraction of sp³-hybridized carbons (Fsp3) is 0.706. The molecule has 0 saturated carbocycles. The van der Waals surface area contributed by atoms with E-state index in [0.29, 0.717) is 12.0 Å². The monoisotopic (exact) mass is 388 g/mol. The summed E-state index contributed by atoms with van der Waals surface area (Å²) in [7, 11) is 1.36. The Labute approximate surface area is 155 Å². The van der Waals surface area contributed by atoms with Crippen molar-refractivity contribution in [2.45, 2.75) is 49.7 Å². The van der Waals surface area contributed by atoms with E-state index in [1.807, 2.05) is 0 Å². The third-order valence-electron chi connectivity index (χ3n) is 4.94. The van der Waals surface area contributed by atoms with Crippen LogP contribution in [-0.2, 0) is 28.5 Å². The Bertz CT molecular complexity index is 603. The van der Waals surface area contributed by atoms with Crippen LogP contribution in [0, 0.1) is 5.92 Å². The second-order valence-corrected chi connectivity index (χ2v) is 6.49. The predicted molar refractivity (Wildman–Crippen MR) is 86.8 cm³/mol. The maximum absolute atomic E-state index is 12.1. The average Bonchev–Trinajstić information content (AvgIpc) is 2.67. The Hall–Kier alpha value is -1.37. The summed E-state index contributed by atoms with van der Waals surface area (Å²) >= 11 is 0. The van der Waals surface area contributed by atoms with E-state index in [1.165, 1.54) is 13.2 Å². The molecule has 0 aromatic heterocycles. The Kier molecular flexibility index (Phi) is 6.28. The highest BCUT2D eigenvalue weighted by Crippen LogP contribution is 2.38. The summed E-state index contributed by atoms with van der Waals surface area (Å²) in [5.74, 6) is -1.09. The number of hydrogen-bond donors (Lipinski definition) is 4. The van der Waals surface area contributed by atoms with Crippen LogP contribution in [0.5, 0.6) is 0 Å². The number of aliphatic hydroxyl groups is 4. The Balaban J connectivity index is 1.84. The first kappa shape index (κ1) is 20.4. The Morgan fingerprint density at radius 1 is 1.19 bits per heavy atom. The van der Waals surface area contributed by atoms with E-state index in [4.69, 9.17) is 23.7 Å². The molecule has 10 nitrogen and oxygen atoms in total. The number of hydrogen-bond acceptors (Lipinski definition) is 10. The fourth-order valence-electron chi connectivity index (χ4n) is 3.49. The van der Waals surface area contributed by atoms with Crippen LogP contribution in [-0.4, -0.2) is 90.0 Å². The van der Waals surface area contributed by atoms with Crippen LogP contribution in [0.4, 0.5) is 0 Å². The van der Waals surface area contributed by atoms with Crippen molar-refractivity contribution in [3.63, 3.8) is 0 Å². The molecule has 4 N–H and O–H groups in total. The van der Waals surface area contributed by atoms with E-state index in [0.717, 1.165) is 0 Å². The SMILES string of the molecule is C=C[C@@H]1C2=C(C(=O)OCC2)[C@H](OC)O[C@H]1O[C@@H]1O[C@H](CO)[C@@H](O)[C@H](O)[C@H]1O. The molecule has 0 spiro atoms. The van der Waals surface area contributed by atoms with Gasteiger partial charge in [-0.25, -0.2) is 4.79 Å². The number of carbonyl (C=O) groups is 1. The van der Waals surface area contributed by atoms with Crippen LogP contribution in [0.3, 0.4) is 0 Å². The first-order chi connectivity index (χ1) is 12.9. The van der Waals surface area contributed by atoms with E-state index in [1.54, 1.807) is 0 Å². The van der Waals surface area contributed by atoms with Crippen molar-refractivity contribution in [3.8, 4) is 0 Å². The number of rotatable bonds is 5. The summed E-state index contributed by atoms with van der Waals surface area (Å²) in [6.07, 6.45) is -7.27. The van der Waals surface area contributed by atoms with Crippen LogP contribution >= 0.6 is 0 Å². The number of carbonyl (C=O) groups excluding carboxylic acids is 1. The molecule has 8 atom stereocenters. The molecule has 3 heterocycles. The molecule has 0 aliphatic carbocycles. The molecule has 0 aromatic rings. The number of methoxy groups -OCH3 is 1. The highest BCUT2D eigenvalue weighted by Gasteiger charge is 2.48. The van der Waals surface area contributed by atoms with Gasteiger partial charge in [-0.05, 0) is 5.57 Å². The summed E-state index contributed by atoms with van der Waals surface area (Å²) in [6.45, 7) is 3.37. The van der Waals surface area contributed by atoms with E-state index in [2.05, 4.69) is 6.58 Å². The number of ether oxygens (including phenoxy) is 5. The molecular formula is C17H24O10. The van der Waals surface area contributed by atoms with Gasteiger partial charge in [-0.15, -0.1) is 6.58 Å². The largest absolute Gasteiger partial charge is 0.462 e. The van der Waals surface area contributed by atoms with Gasteiger partial charge < -0.3 is 44.1 Å². The maximum Gasteiger partial charge on any atom is 0.339 e. The van der Waals surface area contributed by atoms with Gasteiger partial charge in [0.05, 0.1) is 24.7 Å². The van der Waals surface area contributed by atoms with Gasteiger partial charge in [-0.3, -0.25) is 0 Å². The van der Waals surface area contributed by atoms with Crippen LogP contribution < -0.4 is 0 Å². The van der Waals surface area contributed by atoms with Gasteiger partial charge in [0.25, 0.3) is 0 Å². The van der Waals surface area contributed by atoms with Crippen molar-refractivity contribution in [1.82, 2.24) is 0 Å². The third-order valence-corrected chi connectivity index (χ3v) is 4.94. The molecule has 10 heteroatoms. The van der Waals surface area contributed by atoms with E-state index < -0.39 is 61.8 Å². The van der Waals surface area contributed by atoms with Crippen molar-refractivity contribution >= 4 is 5.97 Å². The Morgan fingerprint density at radius 3 is 2.56 bits per heavy atom. The zero-order valence-corrected chi connectivity index (χ0v) is 14.8. The second kappa shape index (κ2) is 8.33. The smallest absolute Gasteiger partial charge is 0.339 e.